The minimum Gasteiger partial charge on any atom is -0.480 e. The van der Waals surface area contributed by atoms with Crippen LogP contribution in [0.3, 0.4) is 0 Å². The van der Waals surface area contributed by atoms with Crippen molar-refractivity contribution in [2.75, 3.05) is 0 Å². The molecule has 1 atom stereocenters. The predicted octanol–water partition coefficient (Wildman–Crippen LogP) is 4.53. The number of hydrogen-bond acceptors (Lipinski definition) is 3. The molecule has 26 heavy (non-hydrogen) atoms. The maximum Gasteiger partial charge on any atom is 0.323 e. The van der Waals surface area contributed by atoms with Crippen molar-refractivity contribution >= 4 is 34.3 Å². The number of fused-ring (bicyclic) bond motifs is 2. The molecule has 0 radical (unpaired) electrons. The number of allylic oxidation sites excluding steroid dienone is 2. The molecular weight excluding hydrogens is 344 g/mol. The molecule has 4 nitrogen and oxygen atoms in total. The van der Waals surface area contributed by atoms with Crippen molar-refractivity contribution in [3.63, 3.8) is 0 Å². The minimum atomic E-state index is -0.833. The Labute approximate surface area is 156 Å². The van der Waals surface area contributed by atoms with E-state index in [1.807, 2.05) is 30.5 Å². The number of rotatable bonds is 6. The van der Waals surface area contributed by atoms with E-state index in [0.29, 0.717) is 5.92 Å². The number of benzene rings is 1. The van der Waals surface area contributed by atoms with E-state index in [0.717, 1.165) is 40.7 Å². The molecule has 132 valence electrons. The van der Waals surface area contributed by atoms with Gasteiger partial charge in [-0.1, -0.05) is 30.4 Å². The molecule has 0 bridgehead atoms. The zero-order valence-corrected chi connectivity index (χ0v) is 15.2. The van der Waals surface area contributed by atoms with E-state index >= 15 is 0 Å². The molecule has 0 fully saturated rings. The Morgan fingerprint density at radius 1 is 1.42 bits per heavy atom. The number of aliphatic carboxylic acids is 1. The van der Waals surface area contributed by atoms with E-state index in [2.05, 4.69) is 24.8 Å². The van der Waals surface area contributed by atoms with Crippen LogP contribution in [-0.4, -0.2) is 20.6 Å². The molecule has 1 aliphatic rings. The maximum absolute atomic E-state index is 11.2. The standard InChI is InChI=1S/C21H20N2O2S/c1-2-5-14-8-9-19-17(10-14)22-20(26-19)11-15-12-23(13-21(24)25)18-7-4-3-6-16(15)18/h2-4,6-9,12,14H,1,5,10-11,13H2,(H,24,25). The van der Waals surface area contributed by atoms with Crippen molar-refractivity contribution in [1.82, 2.24) is 9.55 Å². The van der Waals surface area contributed by atoms with Crippen LogP contribution in [0.1, 0.15) is 27.6 Å². The Hall–Kier alpha value is -2.66. The molecule has 0 saturated heterocycles. The van der Waals surface area contributed by atoms with Crippen molar-refractivity contribution in [1.29, 1.82) is 0 Å². The summed E-state index contributed by atoms with van der Waals surface area (Å²) in [6, 6.07) is 7.96. The Morgan fingerprint density at radius 3 is 3.08 bits per heavy atom. The molecule has 0 aliphatic heterocycles. The Kier molecular flexibility index (Phi) is 4.47. The fourth-order valence-electron chi connectivity index (χ4n) is 3.59. The molecule has 0 spiro atoms. The minimum absolute atomic E-state index is 0.0269. The van der Waals surface area contributed by atoms with Gasteiger partial charge in [0.15, 0.2) is 0 Å². The molecule has 1 aliphatic carbocycles. The molecule has 1 N–H and O–H groups in total. The highest BCUT2D eigenvalue weighted by Gasteiger charge is 2.19. The van der Waals surface area contributed by atoms with Gasteiger partial charge in [0.2, 0.25) is 0 Å². The molecule has 1 unspecified atom stereocenters. The van der Waals surface area contributed by atoms with Gasteiger partial charge < -0.3 is 9.67 Å². The zero-order valence-electron chi connectivity index (χ0n) is 14.4. The maximum atomic E-state index is 11.2. The van der Waals surface area contributed by atoms with Gasteiger partial charge in [-0.25, -0.2) is 4.98 Å². The van der Waals surface area contributed by atoms with E-state index < -0.39 is 5.97 Å². The molecule has 0 amide bonds. The number of thiazole rings is 1. The number of para-hydroxylation sites is 1. The Bertz CT molecular complexity index is 1010. The summed E-state index contributed by atoms with van der Waals surface area (Å²) in [6.45, 7) is 3.80. The van der Waals surface area contributed by atoms with E-state index in [4.69, 9.17) is 10.1 Å². The quantitative estimate of drug-likeness (QED) is 0.654. The van der Waals surface area contributed by atoms with Gasteiger partial charge in [0, 0.05) is 23.5 Å². The van der Waals surface area contributed by atoms with Gasteiger partial charge in [0.05, 0.1) is 15.6 Å². The third-order valence-electron chi connectivity index (χ3n) is 4.73. The first-order valence-electron chi connectivity index (χ1n) is 8.70. The van der Waals surface area contributed by atoms with Crippen LogP contribution in [0.5, 0.6) is 0 Å². The highest BCUT2D eigenvalue weighted by atomic mass is 32.1. The number of carbonyl (C=O) groups is 1. The summed E-state index contributed by atoms with van der Waals surface area (Å²) in [4.78, 5) is 17.3. The van der Waals surface area contributed by atoms with Gasteiger partial charge in [0.25, 0.3) is 0 Å². The summed E-state index contributed by atoms with van der Waals surface area (Å²) in [5.41, 5.74) is 3.25. The lowest BCUT2D eigenvalue weighted by molar-refractivity contribution is -0.137. The van der Waals surface area contributed by atoms with Gasteiger partial charge in [-0.2, -0.15) is 0 Å². The molecule has 1 aromatic carbocycles. The van der Waals surface area contributed by atoms with Crippen molar-refractivity contribution in [2.45, 2.75) is 25.8 Å². The largest absolute Gasteiger partial charge is 0.480 e. The zero-order chi connectivity index (χ0) is 18.1. The highest BCUT2D eigenvalue weighted by molar-refractivity contribution is 7.12. The van der Waals surface area contributed by atoms with Crippen LogP contribution >= 0.6 is 11.3 Å². The topological polar surface area (TPSA) is 55.1 Å². The van der Waals surface area contributed by atoms with Crippen LogP contribution in [0.15, 0.2) is 49.2 Å². The lowest BCUT2D eigenvalue weighted by atomic mass is 9.94. The summed E-state index contributed by atoms with van der Waals surface area (Å²) in [7, 11) is 0. The van der Waals surface area contributed by atoms with Crippen molar-refractivity contribution in [3.8, 4) is 0 Å². The van der Waals surface area contributed by atoms with E-state index in [1.165, 1.54) is 10.6 Å². The second kappa shape index (κ2) is 6.92. The van der Waals surface area contributed by atoms with Crippen molar-refractivity contribution in [3.05, 3.63) is 70.3 Å². The average Bonchev–Trinajstić information content (AvgIpc) is 3.16. The van der Waals surface area contributed by atoms with Crippen LogP contribution in [0, 0.1) is 5.92 Å². The lowest BCUT2D eigenvalue weighted by Gasteiger charge is -2.13. The summed E-state index contributed by atoms with van der Waals surface area (Å²) in [5, 5.41) is 11.3. The number of nitrogens with zero attached hydrogens (tertiary/aromatic N) is 2. The van der Waals surface area contributed by atoms with E-state index in [-0.39, 0.29) is 6.54 Å². The van der Waals surface area contributed by atoms with Crippen molar-refractivity contribution < 1.29 is 9.90 Å². The highest BCUT2D eigenvalue weighted by Crippen LogP contribution is 2.32. The molecule has 0 saturated carbocycles. The van der Waals surface area contributed by atoms with E-state index in [9.17, 15) is 4.79 Å². The second-order valence-electron chi connectivity index (χ2n) is 6.64. The van der Waals surface area contributed by atoms with Gasteiger partial charge in [-0.15, -0.1) is 17.9 Å². The van der Waals surface area contributed by atoms with Crippen LogP contribution in [0.2, 0.25) is 0 Å². The average molecular weight is 364 g/mol. The fraction of sp³-hybridized carbons (Fsp3) is 0.238. The third-order valence-corrected chi connectivity index (χ3v) is 5.80. The van der Waals surface area contributed by atoms with Gasteiger partial charge >= 0.3 is 5.97 Å². The smallest absolute Gasteiger partial charge is 0.323 e. The molecule has 5 heteroatoms. The van der Waals surface area contributed by atoms with Gasteiger partial charge in [-0.3, -0.25) is 4.79 Å². The van der Waals surface area contributed by atoms with Crippen LogP contribution in [-0.2, 0) is 24.2 Å². The number of carboxylic acid groups (broad SMARTS) is 1. The third kappa shape index (κ3) is 3.22. The summed E-state index contributed by atoms with van der Waals surface area (Å²) < 4.78 is 1.81. The van der Waals surface area contributed by atoms with Crippen LogP contribution in [0.25, 0.3) is 17.0 Å². The summed E-state index contributed by atoms with van der Waals surface area (Å²) >= 11 is 1.73. The van der Waals surface area contributed by atoms with Crippen LogP contribution in [0.4, 0.5) is 0 Å². The molecule has 2 aromatic heterocycles. The van der Waals surface area contributed by atoms with Gasteiger partial charge in [-0.05, 0) is 36.5 Å². The molecular formula is C21H20N2O2S. The Balaban J connectivity index is 1.64. The normalized spacial score (nSPS) is 15.9. The second-order valence-corrected chi connectivity index (χ2v) is 7.75. The predicted molar refractivity (Wildman–Crippen MR) is 106 cm³/mol. The summed E-state index contributed by atoms with van der Waals surface area (Å²) in [6.07, 6.45) is 11.0. The van der Waals surface area contributed by atoms with Crippen LogP contribution < -0.4 is 0 Å². The fourth-order valence-corrected chi connectivity index (χ4v) is 4.62. The first kappa shape index (κ1) is 16.8. The first-order valence-corrected chi connectivity index (χ1v) is 9.52. The number of hydrogen-bond donors (Lipinski definition) is 1. The molecule has 2 heterocycles. The molecule has 3 aromatic rings. The SMILES string of the molecule is C=CCC1C=Cc2sc(Cc3cn(CC(=O)O)c4ccccc34)nc2C1. The first-order chi connectivity index (χ1) is 12.6. The summed E-state index contributed by atoms with van der Waals surface area (Å²) in [5.74, 6) is -0.340. The monoisotopic (exact) mass is 364 g/mol. The van der Waals surface area contributed by atoms with Crippen molar-refractivity contribution in [2.24, 2.45) is 5.92 Å². The van der Waals surface area contributed by atoms with E-state index in [1.54, 1.807) is 15.9 Å². The lowest BCUT2D eigenvalue weighted by Crippen LogP contribution is -2.07. The molecule has 4 rings (SSSR count). The number of carboxylic acids is 1. The Morgan fingerprint density at radius 2 is 2.27 bits per heavy atom. The van der Waals surface area contributed by atoms with Gasteiger partial charge in [0.1, 0.15) is 6.54 Å². The number of aromatic nitrogens is 2.